The molecule has 1 amide bonds. The first kappa shape index (κ1) is 21.9. The third-order valence-corrected chi connectivity index (χ3v) is 4.85. The van der Waals surface area contributed by atoms with Crippen molar-refractivity contribution in [3.05, 3.63) is 33.9 Å². The largest absolute Gasteiger partial charge is 0.416 e. The number of halogens is 3. The minimum absolute atomic E-state index is 0.0264. The molecule has 1 N–H and O–H groups in total. The van der Waals surface area contributed by atoms with E-state index in [1.54, 1.807) is 12.0 Å². The normalized spacial score (nSPS) is 16.7. The highest BCUT2D eigenvalue weighted by Crippen LogP contribution is 2.37. The number of rotatable bonds is 7. The van der Waals surface area contributed by atoms with E-state index in [1.807, 2.05) is 6.92 Å². The Morgan fingerprint density at radius 3 is 2.57 bits per heavy atom. The van der Waals surface area contributed by atoms with Crippen molar-refractivity contribution in [1.29, 1.82) is 0 Å². The Kier molecular flexibility index (Phi) is 7.22. The van der Waals surface area contributed by atoms with Gasteiger partial charge in [0.15, 0.2) is 0 Å². The Labute approximate surface area is 161 Å². The number of amides is 1. The lowest BCUT2D eigenvalue weighted by Gasteiger charge is -2.33. The van der Waals surface area contributed by atoms with Crippen molar-refractivity contribution in [3.63, 3.8) is 0 Å². The summed E-state index contributed by atoms with van der Waals surface area (Å²) in [6, 6.07) is 2.51. The SMILES string of the molecule is COCCC(C)NC(=O)C1CCN(c2ccc(C(F)(F)F)cc2[N+](=O)[O-])CC1. The zero-order chi connectivity index (χ0) is 20.9. The van der Waals surface area contributed by atoms with E-state index in [9.17, 15) is 28.1 Å². The molecule has 1 aliphatic heterocycles. The van der Waals surface area contributed by atoms with Gasteiger partial charge < -0.3 is 15.0 Å². The molecule has 1 heterocycles. The molecule has 2 rings (SSSR count). The molecule has 0 aromatic heterocycles. The highest BCUT2D eigenvalue weighted by Gasteiger charge is 2.35. The summed E-state index contributed by atoms with van der Waals surface area (Å²) in [5.41, 5.74) is -1.49. The number of nitrogens with one attached hydrogen (secondary N) is 1. The maximum atomic E-state index is 12.8. The Morgan fingerprint density at radius 1 is 1.39 bits per heavy atom. The van der Waals surface area contributed by atoms with Crippen LogP contribution in [0.5, 0.6) is 0 Å². The number of hydrogen-bond acceptors (Lipinski definition) is 5. The molecule has 1 fully saturated rings. The van der Waals surface area contributed by atoms with Crippen LogP contribution in [0.2, 0.25) is 0 Å². The van der Waals surface area contributed by atoms with Gasteiger partial charge in [-0.15, -0.1) is 0 Å². The van der Waals surface area contributed by atoms with Gasteiger partial charge in [0.25, 0.3) is 5.69 Å². The Morgan fingerprint density at radius 2 is 2.04 bits per heavy atom. The van der Waals surface area contributed by atoms with Crippen molar-refractivity contribution in [2.24, 2.45) is 5.92 Å². The van der Waals surface area contributed by atoms with Crippen LogP contribution in [0.4, 0.5) is 24.5 Å². The van der Waals surface area contributed by atoms with Crippen LogP contribution in [-0.2, 0) is 15.7 Å². The van der Waals surface area contributed by atoms with Crippen molar-refractivity contribution in [2.45, 2.75) is 38.4 Å². The third kappa shape index (κ3) is 5.57. The fourth-order valence-electron chi connectivity index (χ4n) is 3.22. The van der Waals surface area contributed by atoms with Gasteiger partial charge in [-0.3, -0.25) is 14.9 Å². The van der Waals surface area contributed by atoms with Crippen molar-refractivity contribution < 1.29 is 27.6 Å². The number of methoxy groups -OCH3 is 1. The molecule has 1 aliphatic rings. The summed E-state index contributed by atoms with van der Waals surface area (Å²) in [6.07, 6.45) is -3.01. The second-order valence-electron chi connectivity index (χ2n) is 6.91. The Bertz CT molecular complexity index is 704. The van der Waals surface area contributed by atoms with Gasteiger partial charge in [-0.25, -0.2) is 0 Å². The quantitative estimate of drug-likeness (QED) is 0.557. The van der Waals surface area contributed by atoms with Crippen molar-refractivity contribution in [1.82, 2.24) is 5.32 Å². The first-order valence-corrected chi connectivity index (χ1v) is 9.03. The van der Waals surface area contributed by atoms with Crippen LogP contribution in [-0.4, -0.2) is 43.7 Å². The number of piperidine rings is 1. The number of hydrogen-bond donors (Lipinski definition) is 1. The van der Waals surface area contributed by atoms with Gasteiger partial charge in [0.05, 0.1) is 10.5 Å². The molecular formula is C18H24F3N3O4. The number of ether oxygens (including phenoxy) is 1. The zero-order valence-corrected chi connectivity index (χ0v) is 15.8. The van der Waals surface area contributed by atoms with E-state index in [1.165, 1.54) is 0 Å². The number of benzene rings is 1. The van der Waals surface area contributed by atoms with Gasteiger partial charge in [-0.05, 0) is 38.3 Å². The molecule has 0 radical (unpaired) electrons. The molecule has 1 aromatic rings. The first-order chi connectivity index (χ1) is 13.1. The van der Waals surface area contributed by atoms with E-state index in [4.69, 9.17) is 4.74 Å². The van der Waals surface area contributed by atoms with Crippen LogP contribution in [0, 0.1) is 16.0 Å². The number of carbonyl (C=O) groups is 1. The average Bonchev–Trinajstić information content (AvgIpc) is 2.65. The van der Waals surface area contributed by atoms with Gasteiger partial charge in [-0.1, -0.05) is 0 Å². The molecular weight excluding hydrogens is 379 g/mol. The summed E-state index contributed by atoms with van der Waals surface area (Å²) >= 11 is 0. The van der Waals surface area contributed by atoms with E-state index in [2.05, 4.69) is 5.32 Å². The van der Waals surface area contributed by atoms with E-state index in [-0.39, 0.29) is 23.6 Å². The predicted octanol–water partition coefficient (Wildman–Crippen LogP) is 3.37. The van der Waals surface area contributed by atoms with E-state index >= 15 is 0 Å². The number of nitro benzene ring substituents is 1. The van der Waals surface area contributed by atoms with E-state index in [0.29, 0.717) is 45.0 Å². The Hall–Kier alpha value is -2.36. The van der Waals surface area contributed by atoms with Gasteiger partial charge in [0.2, 0.25) is 5.91 Å². The highest BCUT2D eigenvalue weighted by atomic mass is 19.4. The lowest BCUT2D eigenvalue weighted by Crippen LogP contribution is -2.43. The maximum absolute atomic E-state index is 12.8. The predicted molar refractivity (Wildman–Crippen MR) is 97.1 cm³/mol. The molecule has 0 aliphatic carbocycles. The number of nitro groups is 1. The van der Waals surface area contributed by atoms with Crippen LogP contribution in [0.3, 0.4) is 0 Å². The maximum Gasteiger partial charge on any atom is 0.416 e. The summed E-state index contributed by atoms with van der Waals surface area (Å²) in [5, 5.41) is 14.2. The van der Waals surface area contributed by atoms with Gasteiger partial charge in [-0.2, -0.15) is 13.2 Å². The summed E-state index contributed by atoms with van der Waals surface area (Å²) in [7, 11) is 1.59. The number of anilines is 1. The average molecular weight is 403 g/mol. The minimum Gasteiger partial charge on any atom is -0.385 e. The molecule has 156 valence electrons. The second-order valence-corrected chi connectivity index (χ2v) is 6.91. The molecule has 1 aromatic carbocycles. The number of nitrogens with zero attached hydrogens (tertiary/aromatic N) is 2. The first-order valence-electron chi connectivity index (χ1n) is 9.03. The van der Waals surface area contributed by atoms with Crippen molar-refractivity contribution in [3.8, 4) is 0 Å². The summed E-state index contributed by atoms with van der Waals surface area (Å²) < 4.78 is 43.5. The third-order valence-electron chi connectivity index (χ3n) is 4.85. The smallest absolute Gasteiger partial charge is 0.385 e. The summed E-state index contributed by atoms with van der Waals surface area (Å²) in [4.78, 5) is 24.5. The molecule has 0 spiro atoms. The van der Waals surface area contributed by atoms with Gasteiger partial charge in [0, 0.05) is 44.8 Å². The topological polar surface area (TPSA) is 84.7 Å². The number of alkyl halides is 3. The van der Waals surface area contributed by atoms with Crippen LogP contribution >= 0.6 is 0 Å². The molecule has 1 unspecified atom stereocenters. The van der Waals surface area contributed by atoms with E-state index in [0.717, 1.165) is 12.1 Å². The standard InChI is InChI=1S/C18H24F3N3O4/c1-12(7-10-28-2)22-17(25)13-5-8-23(9-6-13)15-4-3-14(18(19,20)21)11-16(15)24(26)27/h3-4,11-13H,5-10H2,1-2H3,(H,22,25). The lowest BCUT2D eigenvalue weighted by molar-refractivity contribution is -0.384. The second kappa shape index (κ2) is 9.22. The molecule has 28 heavy (non-hydrogen) atoms. The molecule has 1 saturated heterocycles. The molecule has 10 heteroatoms. The van der Waals surface area contributed by atoms with Crippen molar-refractivity contribution in [2.75, 3.05) is 31.7 Å². The monoisotopic (exact) mass is 403 g/mol. The minimum atomic E-state index is -4.64. The van der Waals surface area contributed by atoms with E-state index < -0.39 is 22.4 Å². The lowest BCUT2D eigenvalue weighted by atomic mass is 9.94. The van der Waals surface area contributed by atoms with Crippen molar-refractivity contribution >= 4 is 17.3 Å². The Balaban J connectivity index is 2.03. The fraction of sp³-hybridized carbons (Fsp3) is 0.611. The molecule has 0 saturated carbocycles. The highest BCUT2D eigenvalue weighted by molar-refractivity contribution is 5.79. The van der Waals surface area contributed by atoms with Crippen LogP contribution < -0.4 is 10.2 Å². The van der Waals surface area contributed by atoms with Crippen LogP contribution in [0.25, 0.3) is 0 Å². The summed E-state index contributed by atoms with van der Waals surface area (Å²) in [6.45, 7) is 3.14. The number of carbonyl (C=O) groups excluding carboxylic acids is 1. The van der Waals surface area contributed by atoms with Gasteiger partial charge in [0.1, 0.15) is 5.69 Å². The van der Waals surface area contributed by atoms with Crippen LogP contribution in [0.15, 0.2) is 18.2 Å². The van der Waals surface area contributed by atoms with Gasteiger partial charge >= 0.3 is 6.18 Å². The molecule has 7 nitrogen and oxygen atoms in total. The zero-order valence-electron chi connectivity index (χ0n) is 15.8. The summed E-state index contributed by atoms with van der Waals surface area (Å²) in [5.74, 6) is -0.306. The fourth-order valence-corrected chi connectivity index (χ4v) is 3.22. The molecule has 0 bridgehead atoms. The molecule has 1 atom stereocenters. The van der Waals surface area contributed by atoms with Crippen LogP contribution in [0.1, 0.15) is 31.7 Å².